The standard InChI is InChI=1S/C13H9NO3.C9H10ClNO2/c15-13(10-4-2-1-3-5-10)11-6-8-12(9-7-11)14(16)17;1-6(11-9(12)13)7-3-2-4-8(10)5-7/h1-9H;2-6,11H,1H3,(H,12,13). The van der Waals surface area contributed by atoms with Gasteiger partial charge in [-0.2, -0.15) is 0 Å². The van der Waals surface area contributed by atoms with Crippen molar-refractivity contribution in [3.8, 4) is 0 Å². The van der Waals surface area contributed by atoms with Crippen molar-refractivity contribution in [1.29, 1.82) is 0 Å². The summed E-state index contributed by atoms with van der Waals surface area (Å²) in [5.74, 6) is -0.138. The summed E-state index contributed by atoms with van der Waals surface area (Å²) in [5, 5.41) is 21.9. The lowest BCUT2D eigenvalue weighted by Gasteiger charge is -2.11. The fraction of sp³-hybridized carbons (Fsp3) is 0.0909. The topological polar surface area (TPSA) is 110 Å². The number of amides is 1. The van der Waals surface area contributed by atoms with Gasteiger partial charge in [-0.05, 0) is 36.8 Å². The van der Waals surface area contributed by atoms with E-state index in [4.69, 9.17) is 16.7 Å². The molecule has 0 aliphatic rings. The smallest absolute Gasteiger partial charge is 0.405 e. The zero-order valence-corrected chi connectivity index (χ0v) is 16.7. The van der Waals surface area contributed by atoms with Crippen molar-refractivity contribution in [2.24, 2.45) is 0 Å². The van der Waals surface area contributed by atoms with Crippen molar-refractivity contribution in [3.05, 3.63) is 111 Å². The lowest BCUT2D eigenvalue weighted by atomic mass is 10.0. The van der Waals surface area contributed by atoms with Crippen LogP contribution < -0.4 is 5.32 Å². The molecule has 0 aromatic heterocycles. The summed E-state index contributed by atoms with van der Waals surface area (Å²) in [6.07, 6.45) is -1.03. The van der Waals surface area contributed by atoms with Crippen molar-refractivity contribution in [2.75, 3.05) is 0 Å². The van der Waals surface area contributed by atoms with Crippen LogP contribution in [-0.4, -0.2) is 21.9 Å². The van der Waals surface area contributed by atoms with Crippen molar-refractivity contribution >= 4 is 29.2 Å². The maximum atomic E-state index is 12.0. The molecule has 3 aromatic rings. The molecule has 30 heavy (non-hydrogen) atoms. The Hall–Kier alpha value is -3.71. The Bertz CT molecular complexity index is 1020. The summed E-state index contributed by atoms with van der Waals surface area (Å²) < 4.78 is 0. The lowest BCUT2D eigenvalue weighted by molar-refractivity contribution is -0.384. The van der Waals surface area contributed by atoms with Gasteiger partial charge in [0.25, 0.3) is 5.69 Å². The highest BCUT2D eigenvalue weighted by Crippen LogP contribution is 2.17. The van der Waals surface area contributed by atoms with E-state index in [0.29, 0.717) is 16.1 Å². The molecule has 0 bridgehead atoms. The van der Waals surface area contributed by atoms with E-state index in [1.165, 1.54) is 24.3 Å². The van der Waals surface area contributed by atoms with Crippen LogP contribution in [0.25, 0.3) is 0 Å². The Labute approximate surface area is 178 Å². The Morgan fingerprint density at radius 1 is 0.967 bits per heavy atom. The van der Waals surface area contributed by atoms with Crippen LogP contribution in [0.15, 0.2) is 78.9 Å². The first-order valence-corrected chi connectivity index (χ1v) is 9.25. The maximum Gasteiger partial charge on any atom is 0.405 e. The third kappa shape index (κ3) is 6.72. The Balaban J connectivity index is 0.000000222. The predicted octanol–water partition coefficient (Wildman–Crippen LogP) is 5.49. The Morgan fingerprint density at radius 2 is 1.57 bits per heavy atom. The number of hydrogen-bond acceptors (Lipinski definition) is 4. The highest BCUT2D eigenvalue weighted by Gasteiger charge is 2.11. The molecule has 8 heteroatoms. The van der Waals surface area contributed by atoms with Gasteiger partial charge in [0.05, 0.1) is 11.0 Å². The van der Waals surface area contributed by atoms with E-state index in [1.54, 1.807) is 49.4 Å². The van der Waals surface area contributed by atoms with Gasteiger partial charge >= 0.3 is 6.09 Å². The molecule has 0 radical (unpaired) electrons. The summed E-state index contributed by atoms with van der Waals surface area (Å²) in [4.78, 5) is 32.3. The molecule has 0 heterocycles. The largest absolute Gasteiger partial charge is 0.465 e. The minimum absolute atomic E-state index is 0.0189. The third-order valence-electron chi connectivity index (χ3n) is 4.06. The van der Waals surface area contributed by atoms with Crippen LogP contribution in [0.2, 0.25) is 5.02 Å². The molecule has 0 saturated heterocycles. The van der Waals surface area contributed by atoms with E-state index in [2.05, 4.69) is 5.32 Å². The monoisotopic (exact) mass is 426 g/mol. The first kappa shape index (κ1) is 22.6. The molecule has 3 aromatic carbocycles. The fourth-order valence-corrected chi connectivity index (χ4v) is 2.73. The number of non-ortho nitro benzene ring substituents is 1. The number of hydrogen-bond donors (Lipinski definition) is 2. The molecule has 0 fully saturated rings. The van der Waals surface area contributed by atoms with Crippen LogP contribution in [0.3, 0.4) is 0 Å². The molecule has 2 N–H and O–H groups in total. The predicted molar refractivity (Wildman–Crippen MR) is 114 cm³/mol. The van der Waals surface area contributed by atoms with Crippen LogP contribution in [-0.2, 0) is 0 Å². The van der Waals surface area contributed by atoms with E-state index in [0.717, 1.165) is 5.56 Å². The normalized spacial score (nSPS) is 10.9. The number of nitro groups is 1. The zero-order chi connectivity index (χ0) is 22.1. The number of halogens is 1. The second kappa shape index (κ2) is 10.7. The van der Waals surface area contributed by atoms with Crippen LogP contribution in [0.4, 0.5) is 10.5 Å². The number of carbonyl (C=O) groups is 2. The van der Waals surface area contributed by atoms with E-state index in [-0.39, 0.29) is 17.5 Å². The van der Waals surface area contributed by atoms with Gasteiger partial charge in [-0.1, -0.05) is 54.1 Å². The molecular weight excluding hydrogens is 408 g/mol. The number of carboxylic acid groups (broad SMARTS) is 1. The molecule has 0 aliphatic heterocycles. The van der Waals surface area contributed by atoms with Crippen LogP contribution in [0, 0.1) is 10.1 Å². The van der Waals surface area contributed by atoms with Crippen molar-refractivity contribution in [2.45, 2.75) is 13.0 Å². The number of nitrogens with one attached hydrogen (secondary N) is 1. The van der Waals surface area contributed by atoms with Crippen LogP contribution in [0.1, 0.15) is 34.5 Å². The summed E-state index contributed by atoms with van der Waals surface area (Å²) in [7, 11) is 0. The van der Waals surface area contributed by atoms with Gasteiger partial charge in [-0.25, -0.2) is 4.79 Å². The summed E-state index contributed by atoms with van der Waals surface area (Å²) in [6.45, 7) is 1.76. The third-order valence-corrected chi connectivity index (χ3v) is 4.30. The number of nitrogens with zero attached hydrogens (tertiary/aromatic N) is 1. The average Bonchev–Trinajstić information content (AvgIpc) is 2.74. The van der Waals surface area contributed by atoms with E-state index in [1.807, 2.05) is 12.1 Å². The van der Waals surface area contributed by atoms with Gasteiger partial charge < -0.3 is 10.4 Å². The van der Waals surface area contributed by atoms with E-state index >= 15 is 0 Å². The minimum Gasteiger partial charge on any atom is -0.465 e. The van der Waals surface area contributed by atoms with Gasteiger partial charge in [0.1, 0.15) is 0 Å². The number of rotatable bonds is 5. The number of nitro benzene ring substituents is 1. The molecule has 1 unspecified atom stereocenters. The van der Waals surface area contributed by atoms with Crippen molar-refractivity contribution < 1.29 is 19.6 Å². The molecule has 1 amide bonds. The molecule has 0 spiro atoms. The first-order chi connectivity index (χ1) is 14.3. The van der Waals surface area contributed by atoms with E-state index < -0.39 is 11.0 Å². The molecule has 0 aliphatic carbocycles. The molecule has 7 nitrogen and oxygen atoms in total. The minimum atomic E-state index is -1.03. The second-order valence-electron chi connectivity index (χ2n) is 6.23. The second-order valence-corrected chi connectivity index (χ2v) is 6.66. The fourth-order valence-electron chi connectivity index (χ4n) is 2.54. The quantitative estimate of drug-likeness (QED) is 0.318. The van der Waals surface area contributed by atoms with Crippen molar-refractivity contribution in [3.63, 3.8) is 0 Å². The molecule has 154 valence electrons. The van der Waals surface area contributed by atoms with E-state index in [9.17, 15) is 19.7 Å². The molecule has 3 rings (SSSR count). The SMILES string of the molecule is CC(NC(=O)O)c1cccc(Cl)c1.O=C(c1ccccc1)c1ccc([N+](=O)[O-])cc1. The lowest BCUT2D eigenvalue weighted by Crippen LogP contribution is -2.24. The number of benzene rings is 3. The average molecular weight is 427 g/mol. The molecule has 1 atom stereocenters. The van der Waals surface area contributed by atoms with Crippen molar-refractivity contribution in [1.82, 2.24) is 5.32 Å². The number of ketones is 1. The summed E-state index contributed by atoms with van der Waals surface area (Å²) >= 11 is 5.75. The summed E-state index contributed by atoms with van der Waals surface area (Å²) in [6, 6.07) is 21.3. The molecule has 0 saturated carbocycles. The summed E-state index contributed by atoms with van der Waals surface area (Å²) in [5.41, 5.74) is 1.85. The van der Waals surface area contributed by atoms with Crippen LogP contribution in [0.5, 0.6) is 0 Å². The van der Waals surface area contributed by atoms with Gasteiger partial charge in [-0.15, -0.1) is 0 Å². The van der Waals surface area contributed by atoms with Crippen LogP contribution >= 0.6 is 11.6 Å². The Morgan fingerprint density at radius 3 is 2.10 bits per heavy atom. The molecular formula is C22H19ClN2O5. The van der Waals surface area contributed by atoms with Gasteiger partial charge in [0.2, 0.25) is 0 Å². The Kier molecular flexibility index (Phi) is 8.08. The highest BCUT2D eigenvalue weighted by atomic mass is 35.5. The van der Waals surface area contributed by atoms with Gasteiger partial charge in [0, 0.05) is 28.3 Å². The van der Waals surface area contributed by atoms with Gasteiger partial charge in [-0.3, -0.25) is 14.9 Å². The zero-order valence-electron chi connectivity index (χ0n) is 16.0. The van der Waals surface area contributed by atoms with Gasteiger partial charge in [0.15, 0.2) is 5.78 Å². The highest BCUT2D eigenvalue weighted by molar-refractivity contribution is 6.30. The first-order valence-electron chi connectivity index (χ1n) is 8.87. The number of carbonyl (C=O) groups excluding carboxylic acids is 1. The maximum absolute atomic E-state index is 12.0.